The Morgan fingerprint density at radius 3 is 2.76 bits per heavy atom. The molecule has 2 aromatic rings. The number of amides is 1. The zero-order valence-electron chi connectivity index (χ0n) is 13.6. The van der Waals surface area contributed by atoms with Gasteiger partial charge in [0, 0.05) is 18.5 Å². The largest absolute Gasteiger partial charge is 0.460 e. The van der Waals surface area contributed by atoms with Gasteiger partial charge in [0.15, 0.2) is 0 Å². The summed E-state index contributed by atoms with van der Waals surface area (Å²) in [6, 6.07) is 8.01. The highest BCUT2D eigenvalue weighted by molar-refractivity contribution is 5.84. The highest BCUT2D eigenvalue weighted by Gasteiger charge is 2.46. The first kappa shape index (κ1) is 17.6. The average Bonchev–Trinajstić information content (AvgIpc) is 2.61. The van der Waals surface area contributed by atoms with Crippen LogP contribution in [0.25, 0.3) is 10.9 Å². The molecule has 8 heteroatoms. The van der Waals surface area contributed by atoms with E-state index < -0.39 is 43.2 Å². The number of aromatic nitrogens is 1. The number of hydrogen-bond donors (Lipinski definition) is 4. The highest BCUT2D eigenvalue weighted by atomic mass is 16.7. The zero-order chi connectivity index (χ0) is 18.0. The van der Waals surface area contributed by atoms with Crippen molar-refractivity contribution in [2.24, 2.45) is 0 Å². The summed E-state index contributed by atoms with van der Waals surface area (Å²) in [4.78, 5) is 15.7. The van der Waals surface area contributed by atoms with Crippen LogP contribution in [-0.4, -0.2) is 63.5 Å². The number of fused-ring (bicyclic) bond motifs is 1. The topological polar surface area (TPSA) is 121 Å². The van der Waals surface area contributed by atoms with E-state index in [9.17, 15) is 20.1 Å². The molecule has 0 unspecified atom stereocenters. The predicted molar refractivity (Wildman–Crippen MR) is 87.7 cm³/mol. The van der Waals surface area contributed by atoms with E-state index in [1.807, 2.05) is 12.1 Å². The molecule has 1 fully saturated rings. The molecule has 25 heavy (non-hydrogen) atoms. The molecule has 1 amide bonds. The molecule has 0 saturated carbocycles. The van der Waals surface area contributed by atoms with Crippen molar-refractivity contribution in [2.75, 3.05) is 6.61 Å². The number of benzene rings is 1. The average molecular weight is 348 g/mol. The van der Waals surface area contributed by atoms with Gasteiger partial charge in [-0.1, -0.05) is 18.2 Å². The van der Waals surface area contributed by atoms with Gasteiger partial charge >= 0.3 is 0 Å². The Bertz CT molecular complexity index is 750. The summed E-state index contributed by atoms with van der Waals surface area (Å²) in [5, 5.41) is 33.0. The van der Waals surface area contributed by atoms with E-state index >= 15 is 0 Å². The smallest absolute Gasteiger partial charge is 0.223 e. The lowest BCUT2D eigenvalue weighted by Crippen LogP contribution is -2.65. The van der Waals surface area contributed by atoms with E-state index in [-0.39, 0.29) is 0 Å². The van der Waals surface area contributed by atoms with Crippen molar-refractivity contribution in [3.63, 3.8) is 0 Å². The number of ether oxygens (including phenoxy) is 2. The molecule has 4 N–H and O–H groups in total. The summed E-state index contributed by atoms with van der Waals surface area (Å²) in [6.07, 6.45) is -3.23. The normalized spacial score (nSPS) is 29.4. The molecule has 0 spiro atoms. The van der Waals surface area contributed by atoms with E-state index in [1.54, 1.807) is 24.4 Å². The third kappa shape index (κ3) is 3.57. The number of pyridine rings is 1. The minimum absolute atomic E-state index is 0.402. The SMILES string of the molecule is CC(=O)N[C@@H]1[C@H](Oc2cccc3cccnc23)O[C@H](CO)[C@@H](O)[C@H]1O. The molecule has 0 radical (unpaired) electrons. The van der Waals surface area contributed by atoms with Crippen LogP contribution in [0.1, 0.15) is 6.92 Å². The zero-order valence-corrected chi connectivity index (χ0v) is 13.6. The van der Waals surface area contributed by atoms with Crippen molar-refractivity contribution >= 4 is 16.8 Å². The van der Waals surface area contributed by atoms with Gasteiger partial charge in [0.2, 0.25) is 12.2 Å². The molecule has 1 aromatic heterocycles. The molecular weight excluding hydrogens is 328 g/mol. The second kappa shape index (κ2) is 7.32. The first-order chi connectivity index (χ1) is 12.0. The number of para-hydroxylation sites is 1. The number of carbonyl (C=O) groups is 1. The number of aliphatic hydroxyl groups excluding tert-OH is 3. The number of hydrogen-bond acceptors (Lipinski definition) is 7. The van der Waals surface area contributed by atoms with Crippen LogP contribution in [0.3, 0.4) is 0 Å². The van der Waals surface area contributed by atoms with E-state index in [4.69, 9.17) is 9.47 Å². The third-order valence-electron chi connectivity index (χ3n) is 4.09. The predicted octanol–water partition coefficient (Wildman–Crippen LogP) is -0.443. The van der Waals surface area contributed by atoms with Gasteiger partial charge in [-0.25, -0.2) is 0 Å². The maximum Gasteiger partial charge on any atom is 0.223 e. The number of nitrogens with zero attached hydrogens (tertiary/aromatic N) is 1. The summed E-state index contributed by atoms with van der Waals surface area (Å²) >= 11 is 0. The van der Waals surface area contributed by atoms with Crippen LogP contribution >= 0.6 is 0 Å². The lowest BCUT2D eigenvalue weighted by molar-refractivity contribution is -0.244. The minimum Gasteiger partial charge on any atom is -0.460 e. The fourth-order valence-electron chi connectivity index (χ4n) is 2.87. The molecule has 0 bridgehead atoms. The standard InChI is InChI=1S/C17H20N2O6/c1-9(21)19-14-16(23)15(22)12(8-20)25-17(14)24-11-6-2-4-10-5-3-7-18-13(10)11/h2-7,12,14-17,20,22-23H,8H2,1H3,(H,19,21)/t12-,14+,15-,16+,17-/m1/s1. The van der Waals surface area contributed by atoms with Gasteiger partial charge < -0.3 is 30.1 Å². The number of carbonyl (C=O) groups excluding carboxylic acids is 1. The Hall–Kier alpha value is -2.26. The van der Waals surface area contributed by atoms with Gasteiger partial charge in [-0.2, -0.15) is 0 Å². The maximum atomic E-state index is 11.4. The molecule has 1 aliphatic heterocycles. The molecule has 1 saturated heterocycles. The summed E-state index contributed by atoms with van der Waals surface area (Å²) in [7, 11) is 0. The van der Waals surface area contributed by atoms with Crippen LogP contribution in [0.5, 0.6) is 5.75 Å². The molecule has 5 atom stereocenters. The Morgan fingerprint density at radius 1 is 1.28 bits per heavy atom. The molecule has 0 aliphatic carbocycles. The van der Waals surface area contributed by atoms with Gasteiger partial charge in [-0.05, 0) is 12.1 Å². The summed E-state index contributed by atoms with van der Waals surface area (Å²) in [6.45, 7) is 0.784. The van der Waals surface area contributed by atoms with Crippen molar-refractivity contribution in [1.29, 1.82) is 0 Å². The lowest BCUT2D eigenvalue weighted by Gasteiger charge is -2.42. The Kier molecular flexibility index (Phi) is 5.14. The van der Waals surface area contributed by atoms with Crippen LogP contribution in [0.2, 0.25) is 0 Å². The fourth-order valence-corrected chi connectivity index (χ4v) is 2.87. The summed E-state index contributed by atoms with van der Waals surface area (Å²) < 4.78 is 11.4. The van der Waals surface area contributed by atoms with Crippen LogP contribution in [-0.2, 0) is 9.53 Å². The molecular formula is C17H20N2O6. The Balaban J connectivity index is 1.92. The van der Waals surface area contributed by atoms with Gasteiger partial charge in [0.1, 0.15) is 35.6 Å². The lowest BCUT2D eigenvalue weighted by atomic mass is 9.97. The Labute approximate surface area is 144 Å². The molecule has 8 nitrogen and oxygen atoms in total. The molecule has 1 aliphatic rings. The quantitative estimate of drug-likeness (QED) is 0.591. The fraction of sp³-hybridized carbons (Fsp3) is 0.412. The van der Waals surface area contributed by atoms with Crippen LogP contribution < -0.4 is 10.1 Å². The van der Waals surface area contributed by atoms with Crippen LogP contribution in [0, 0.1) is 0 Å². The number of rotatable bonds is 4. The first-order valence-electron chi connectivity index (χ1n) is 7.91. The molecule has 1 aromatic carbocycles. The minimum atomic E-state index is -1.36. The van der Waals surface area contributed by atoms with Crippen LogP contribution in [0.4, 0.5) is 0 Å². The second-order valence-corrected chi connectivity index (χ2v) is 5.88. The second-order valence-electron chi connectivity index (χ2n) is 5.88. The van der Waals surface area contributed by atoms with Crippen LogP contribution in [0.15, 0.2) is 36.5 Å². The highest BCUT2D eigenvalue weighted by Crippen LogP contribution is 2.28. The van der Waals surface area contributed by atoms with E-state index in [0.717, 1.165) is 5.39 Å². The van der Waals surface area contributed by atoms with E-state index in [1.165, 1.54) is 6.92 Å². The molecule has 134 valence electrons. The molecule has 3 rings (SSSR count). The van der Waals surface area contributed by atoms with Gasteiger partial charge in [0.25, 0.3) is 0 Å². The maximum absolute atomic E-state index is 11.4. The van der Waals surface area contributed by atoms with Crippen molar-refractivity contribution in [3.05, 3.63) is 36.5 Å². The Morgan fingerprint density at radius 2 is 2.04 bits per heavy atom. The molecule has 2 heterocycles. The summed E-state index contributed by atoms with van der Waals surface area (Å²) in [5.74, 6) is -0.00863. The van der Waals surface area contributed by atoms with Crippen molar-refractivity contribution in [1.82, 2.24) is 10.3 Å². The van der Waals surface area contributed by atoms with Gasteiger partial charge in [-0.15, -0.1) is 0 Å². The monoisotopic (exact) mass is 348 g/mol. The van der Waals surface area contributed by atoms with Gasteiger partial charge in [-0.3, -0.25) is 9.78 Å². The van der Waals surface area contributed by atoms with E-state index in [2.05, 4.69) is 10.3 Å². The number of nitrogens with one attached hydrogen (secondary N) is 1. The third-order valence-corrected chi connectivity index (χ3v) is 4.09. The number of aliphatic hydroxyl groups is 3. The van der Waals surface area contributed by atoms with E-state index in [0.29, 0.717) is 11.3 Å². The van der Waals surface area contributed by atoms with Crippen molar-refractivity contribution in [2.45, 2.75) is 37.6 Å². The first-order valence-corrected chi connectivity index (χ1v) is 7.91. The summed E-state index contributed by atoms with van der Waals surface area (Å²) in [5.41, 5.74) is 0.594. The van der Waals surface area contributed by atoms with Gasteiger partial charge in [0.05, 0.1) is 6.61 Å². The van der Waals surface area contributed by atoms with Crippen molar-refractivity contribution in [3.8, 4) is 5.75 Å². The van der Waals surface area contributed by atoms with Crippen molar-refractivity contribution < 1.29 is 29.6 Å².